The maximum Gasteiger partial charge on any atom is 0.141 e. The molecule has 0 atom stereocenters. The van der Waals surface area contributed by atoms with Gasteiger partial charge in [-0.1, -0.05) is 48.5 Å². The van der Waals surface area contributed by atoms with Crippen molar-refractivity contribution in [3.8, 4) is 23.0 Å². The maximum absolute atomic E-state index is 9.50. The van der Waals surface area contributed by atoms with Crippen molar-refractivity contribution in [2.24, 2.45) is 9.98 Å². The van der Waals surface area contributed by atoms with Crippen LogP contribution < -0.4 is 0 Å². The van der Waals surface area contributed by atoms with Gasteiger partial charge in [-0.05, 0) is 48.5 Å². The number of benzene rings is 4. The van der Waals surface area contributed by atoms with Crippen LogP contribution in [0.5, 0.6) is 23.0 Å². The Balaban J connectivity index is 0.000000181. The number of hydrogen-bond donors (Lipinski definition) is 4. The number of aliphatic imine (C=N–C) groups is 2. The lowest BCUT2D eigenvalue weighted by Crippen LogP contribution is -1.80. The van der Waals surface area contributed by atoms with E-state index in [1.165, 1.54) is 12.4 Å². The van der Waals surface area contributed by atoms with Crippen LogP contribution in [0.3, 0.4) is 0 Å². The van der Waals surface area contributed by atoms with E-state index in [2.05, 4.69) is 9.98 Å². The molecule has 0 saturated heterocycles. The number of nitrogens with zero attached hydrogens (tertiary/aromatic N) is 2. The molecule has 0 unspecified atom stereocenters. The zero-order valence-corrected chi connectivity index (χ0v) is 17.1. The average Bonchev–Trinajstić information content (AvgIpc) is 2.80. The largest absolute Gasteiger partial charge is 0.507 e. The lowest BCUT2D eigenvalue weighted by atomic mass is 10.2. The summed E-state index contributed by atoms with van der Waals surface area (Å²) < 4.78 is 0. The predicted octanol–water partition coefficient (Wildman–Crippen LogP) is 5.70. The minimum Gasteiger partial charge on any atom is -0.507 e. The molecule has 160 valence electrons. The Labute approximate surface area is 185 Å². The number of para-hydroxylation sites is 6. The van der Waals surface area contributed by atoms with Crippen LogP contribution in [0.15, 0.2) is 107 Å². The third-order valence-corrected chi connectivity index (χ3v) is 4.32. The zero-order chi connectivity index (χ0) is 22.8. The molecule has 0 aliphatic carbocycles. The molecule has 0 amide bonds. The van der Waals surface area contributed by atoms with Gasteiger partial charge in [-0.15, -0.1) is 0 Å². The highest BCUT2D eigenvalue weighted by Crippen LogP contribution is 2.26. The molecule has 0 bridgehead atoms. The minimum atomic E-state index is 0.120. The number of phenols is 4. The highest BCUT2D eigenvalue weighted by atomic mass is 16.3. The Morgan fingerprint density at radius 2 is 0.719 bits per heavy atom. The van der Waals surface area contributed by atoms with Gasteiger partial charge in [0.2, 0.25) is 0 Å². The summed E-state index contributed by atoms with van der Waals surface area (Å²) in [5, 5.41) is 38.0. The Morgan fingerprint density at radius 3 is 1.06 bits per heavy atom. The molecule has 0 spiro atoms. The summed E-state index contributed by atoms with van der Waals surface area (Å²) in [4.78, 5) is 8.20. The monoisotopic (exact) mass is 426 g/mol. The third kappa shape index (κ3) is 6.21. The fraction of sp³-hybridized carbons (Fsp3) is 0. The number of aromatic hydroxyl groups is 4. The molecule has 4 rings (SSSR count). The Hall–Kier alpha value is -4.58. The van der Waals surface area contributed by atoms with E-state index in [1.54, 1.807) is 84.9 Å². The fourth-order valence-electron chi connectivity index (χ4n) is 2.62. The van der Waals surface area contributed by atoms with Crippen molar-refractivity contribution in [1.29, 1.82) is 0 Å². The maximum atomic E-state index is 9.50. The molecular weight excluding hydrogens is 404 g/mol. The highest BCUT2D eigenvalue weighted by Gasteiger charge is 1.99. The average molecular weight is 426 g/mol. The number of hydrogen-bond acceptors (Lipinski definition) is 6. The second-order valence-electron chi connectivity index (χ2n) is 6.61. The quantitative estimate of drug-likeness (QED) is 0.314. The summed E-state index contributed by atoms with van der Waals surface area (Å²) in [6, 6.07) is 27.4. The SMILES string of the molecule is Oc1ccccc1C=Nc1ccccc1O.Oc1ccccc1C=Nc1ccccc1O. The first-order valence-corrected chi connectivity index (χ1v) is 9.74. The van der Waals surface area contributed by atoms with Crippen LogP contribution in [-0.4, -0.2) is 32.9 Å². The lowest BCUT2D eigenvalue weighted by molar-refractivity contribution is 0.473. The van der Waals surface area contributed by atoms with Crippen LogP contribution in [0, 0.1) is 0 Å². The molecule has 0 saturated carbocycles. The molecule has 32 heavy (non-hydrogen) atoms. The van der Waals surface area contributed by atoms with Gasteiger partial charge in [-0.3, -0.25) is 9.98 Å². The molecule has 0 aromatic heterocycles. The number of rotatable bonds is 4. The van der Waals surface area contributed by atoms with Gasteiger partial charge in [0.15, 0.2) is 0 Å². The van der Waals surface area contributed by atoms with Crippen molar-refractivity contribution >= 4 is 23.8 Å². The summed E-state index contributed by atoms with van der Waals surface area (Å²) in [5.74, 6) is 0.576. The predicted molar refractivity (Wildman–Crippen MR) is 127 cm³/mol. The van der Waals surface area contributed by atoms with Crippen LogP contribution >= 0.6 is 0 Å². The Bertz CT molecular complexity index is 1040. The van der Waals surface area contributed by atoms with E-state index >= 15 is 0 Å². The van der Waals surface area contributed by atoms with Gasteiger partial charge < -0.3 is 20.4 Å². The normalized spacial score (nSPS) is 10.8. The van der Waals surface area contributed by atoms with Crippen LogP contribution in [0.4, 0.5) is 11.4 Å². The van der Waals surface area contributed by atoms with E-state index in [0.29, 0.717) is 22.5 Å². The van der Waals surface area contributed by atoms with Crippen molar-refractivity contribution in [2.45, 2.75) is 0 Å². The standard InChI is InChI=1S/2C13H11NO2/c2*15-12-7-3-1-5-10(12)9-14-11-6-2-4-8-13(11)16/h2*1-9,15-16H. The first-order chi connectivity index (χ1) is 15.5. The molecule has 0 aliphatic rings. The molecule has 4 aromatic carbocycles. The van der Waals surface area contributed by atoms with Gasteiger partial charge in [0.1, 0.15) is 34.4 Å². The lowest BCUT2D eigenvalue weighted by Gasteiger charge is -1.98. The van der Waals surface area contributed by atoms with Crippen LogP contribution in [0.25, 0.3) is 0 Å². The summed E-state index contributed by atoms with van der Waals surface area (Å²) in [6.45, 7) is 0. The van der Waals surface area contributed by atoms with E-state index in [0.717, 1.165) is 0 Å². The van der Waals surface area contributed by atoms with Crippen LogP contribution in [-0.2, 0) is 0 Å². The molecule has 6 heteroatoms. The summed E-state index contributed by atoms with van der Waals surface area (Å²) in [5.41, 5.74) is 2.19. The smallest absolute Gasteiger partial charge is 0.141 e. The molecule has 6 nitrogen and oxygen atoms in total. The molecule has 0 radical (unpaired) electrons. The van der Waals surface area contributed by atoms with Crippen molar-refractivity contribution < 1.29 is 20.4 Å². The second kappa shape index (κ2) is 11.0. The van der Waals surface area contributed by atoms with E-state index in [9.17, 15) is 20.4 Å². The highest BCUT2D eigenvalue weighted by molar-refractivity contribution is 5.86. The molecule has 4 N–H and O–H groups in total. The van der Waals surface area contributed by atoms with E-state index in [1.807, 2.05) is 12.1 Å². The molecule has 0 heterocycles. The number of phenolic OH excluding ortho intramolecular Hbond substituents is 4. The van der Waals surface area contributed by atoms with E-state index in [-0.39, 0.29) is 23.0 Å². The summed E-state index contributed by atoms with van der Waals surface area (Å²) in [6.07, 6.45) is 3.04. The van der Waals surface area contributed by atoms with Gasteiger partial charge >= 0.3 is 0 Å². The zero-order valence-electron chi connectivity index (χ0n) is 17.1. The van der Waals surface area contributed by atoms with Gasteiger partial charge in [-0.25, -0.2) is 0 Å². The minimum absolute atomic E-state index is 0.120. The second-order valence-corrected chi connectivity index (χ2v) is 6.61. The van der Waals surface area contributed by atoms with Crippen molar-refractivity contribution in [3.05, 3.63) is 108 Å². The van der Waals surface area contributed by atoms with Gasteiger partial charge in [0.05, 0.1) is 0 Å². The van der Waals surface area contributed by atoms with Crippen molar-refractivity contribution in [2.75, 3.05) is 0 Å². The summed E-state index contributed by atoms with van der Waals surface area (Å²) in [7, 11) is 0. The van der Waals surface area contributed by atoms with Gasteiger partial charge in [-0.2, -0.15) is 0 Å². The topological polar surface area (TPSA) is 106 Å². The molecular formula is C26H22N2O4. The first kappa shape index (κ1) is 22.1. The van der Waals surface area contributed by atoms with E-state index < -0.39 is 0 Å². The third-order valence-electron chi connectivity index (χ3n) is 4.32. The fourth-order valence-corrected chi connectivity index (χ4v) is 2.62. The van der Waals surface area contributed by atoms with E-state index in [4.69, 9.17) is 0 Å². The Morgan fingerprint density at radius 1 is 0.406 bits per heavy atom. The van der Waals surface area contributed by atoms with Gasteiger partial charge in [0.25, 0.3) is 0 Å². The molecule has 0 fully saturated rings. The molecule has 0 aliphatic heterocycles. The summed E-state index contributed by atoms with van der Waals surface area (Å²) >= 11 is 0. The van der Waals surface area contributed by atoms with Crippen LogP contribution in [0.2, 0.25) is 0 Å². The Kier molecular flexibility index (Phi) is 7.59. The first-order valence-electron chi connectivity index (χ1n) is 9.74. The van der Waals surface area contributed by atoms with Gasteiger partial charge in [0, 0.05) is 23.6 Å². The molecule has 4 aromatic rings. The van der Waals surface area contributed by atoms with Crippen molar-refractivity contribution in [3.63, 3.8) is 0 Å². The van der Waals surface area contributed by atoms with Crippen molar-refractivity contribution in [1.82, 2.24) is 0 Å². The van der Waals surface area contributed by atoms with Crippen LogP contribution in [0.1, 0.15) is 11.1 Å².